The van der Waals surface area contributed by atoms with E-state index in [4.69, 9.17) is 15.2 Å². The van der Waals surface area contributed by atoms with Crippen LogP contribution in [0.15, 0.2) is 0 Å². The molecule has 0 spiro atoms. The van der Waals surface area contributed by atoms with E-state index in [1.165, 1.54) is 0 Å². The summed E-state index contributed by atoms with van der Waals surface area (Å²) in [5.74, 6) is -0.240. The van der Waals surface area contributed by atoms with Gasteiger partial charge in [-0.3, -0.25) is 9.69 Å². The second-order valence-electron chi connectivity index (χ2n) is 4.25. The highest BCUT2D eigenvalue weighted by Gasteiger charge is 2.47. The molecule has 1 saturated carbocycles. The lowest BCUT2D eigenvalue weighted by Gasteiger charge is -2.26. The van der Waals surface area contributed by atoms with E-state index >= 15 is 0 Å². The number of hydrogen-bond donors (Lipinski definition) is 1. The molecule has 1 aliphatic carbocycles. The Labute approximate surface area is 89.5 Å². The second-order valence-corrected chi connectivity index (χ2v) is 4.25. The van der Waals surface area contributed by atoms with Crippen molar-refractivity contribution in [1.29, 1.82) is 0 Å². The van der Waals surface area contributed by atoms with E-state index in [9.17, 15) is 4.79 Å². The number of ether oxygens (including phenoxy) is 2. The van der Waals surface area contributed by atoms with Crippen LogP contribution in [0.5, 0.6) is 0 Å². The van der Waals surface area contributed by atoms with Crippen LogP contribution >= 0.6 is 0 Å². The first-order valence-electron chi connectivity index (χ1n) is 5.47. The Morgan fingerprint density at radius 3 is 2.67 bits per heavy atom. The average Bonchev–Trinajstić information content (AvgIpc) is 2.99. The molecular weight excluding hydrogens is 196 g/mol. The molecule has 5 heteroatoms. The van der Waals surface area contributed by atoms with Crippen LogP contribution in [-0.4, -0.2) is 55.9 Å². The van der Waals surface area contributed by atoms with E-state index in [0.29, 0.717) is 6.61 Å². The van der Waals surface area contributed by atoms with Gasteiger partial charge in [0.15, 0.2) is 0 Å². The number of morpholine rings is 1. The minimum absolute atomic E-state index is 0.240. The van der Waals surface area contributed by atoms with E-state index in [1.54, 1.807) is 0 Å². The van der Waals surface area contributed by atoms with E-state index in [2.05, 4.69) is 4.90 Å². The summed E-state index contributed by atoms with van der Waals surface area (Å²) < 4.78 is 10.3. The smallest absolute Gasteiger partial charge is 0.326 e. The highest BCUT2D eigenvalue weighted by Crippen LogP contribution is 2.33. The van der Waals surface area contributed by atoms with Crippen molar-refractivity contribution in [3.8, 4) is 0 Å². The molecule has 0 atom stereocenters. The van der Waals surface area contributed by atoms with Gasteiger partial charge in [-0.05, 0) is 12.8 Å². The maximum absolute atomic E-state index is 11.4. The molecule has 0 radical (unpaired) electrons. The lowest BCUT2D eigenvalue weighted by Crippen LogP contribution is -2.40. The molecule has 1 heterocycles. The fourth-order valence-corrected chi connectivity index (χ4v) is 1.57. The first kappa shape index (κ1) is 10.9. The minimum atomic E-state index is -0.648. The maximum atomic E-state index is 11.4. The predicted octanol–water partition coefficient (Wildman–Crippen LogP) is -0.647. The Morgan fingerprint density at radius 2 is 2.07 bits per heavy atom. The SMILES string of the molecule is NC1(C(=O)OCCN2CCOCC2)CC1. The van der Waals surface area contributed by atoms with Gasteiger partial charge in [-0.15, -0.1) is 0 Å². The molecule has 0 unspecified atom stereocenters. The van der Waals surface area contributed by atoms with Gasteiger partial charge >= 0.3 is 5.97 Å². The highest BCUT2D eigenvalue weighted by atomic mass is 16.5. The topological polar surface area (TPSA) is 64.8 Å². The fraction of sp³-hybridized carbons (Fsp3) is 0.900. The molecule has 2 N–H and O–H groups in total. The lowest BCUT2D eigenvalue weighted by molar-refractivity contribution is -0.147. The highest BCUT2D eigenvalue weighted by molar-refractivity contribution is 5.83. The largest absolute Gasteiger partial charge is 0.463 e. The van der Waals surface area contributed by atoms with Crippen molar-refractivity contribution >= 4 is 5.97 Å². The summed E-state index contributed by atoms with van der Waals surface area (Å²) in [5, 5.41) is 0. The van der Waals surface area contributed by atoms with Crippen LogP contribution in [0, 0.1) is 0 Å². The van der Waals surface area contributed by atoms with Gasteiger partial charge in [0, 0.05) is 19.6 Å². The van der Waals surface area contributed by atoms with Crippen molar-refractivity contribution in [2.45, 2.75) is 18.4 Å². The van der Waals surface area contributed by atoms with Crippen molar-refractivity contribution in [2.24, 2.45) is 5.73 Å². The minimum Gasteiger partial charge on any atom is -0.463 e. The standard InChI is InChI=1S/C10H18N2O3/c11-10(1-2-10)9(13)15-8-5-12-3-6-14-7-4-12/h1-8,11H2. The Hall–Kier alpha value is -0.650. The third kappa shape index (κ3) is 2.90. The summed E-state index contributed by atoms with van der Waals surface area (Å²) in [6.45, 7) is 4.61. The number of carbonyl (C=O) groups is 1. The Bertz CT molecular complexity index is 235. The van der Waals surface area contributed by atoms with E-state index in [-0.39, 0.29) is 5.97 Å². The van der Waals surface area contributed by atoms with Crippen LogP contribution in [-0.2, 0) is 14.3 Å². The summed E-state index contributed by atoms with van der Waals surface area (Å²) in [6, 6.07) is 0. The molecule has 1 aliphatic heterocycles. The van der Waals surface area contributed by atoms with Gasteiger partial charge in [0.05, 0.1) is 13.2 Å². The molecule has 0 amide bonds. The van der Waals surface area contributed by atoms with Gasteiger partial charge in [0.2, 0.25) is 0 Å². The summed E-state index contributed by atoms with van der Waals surface area (Å²) in [6.07, 6.45) is 1.53. The van der Waals surface area contributed by atoms with Crippen LogP contribution in [0.25, 0.3) is 0 Å². The lowest BCUT2D eigenvalue weighted by atomic mass is 10.3. The normalized spacial score (nSPS) is 24.9. The van der Waals surface area contributed by atoms with E-state index in [1.807, 2.05) is 0 Å². The third-order valence-corrected chi connectivity index (χ3v) is 2.94. The van der Waals surface area contributed by atoms with Gasteiger partial charge in [0.1, 0.15) is 12.1 Å². The van der Waals surface area contributed by atoms with Gasteiger partial charge in [-0.2, -0.15) is 0 Å². The molecule has 0 aromatic carbocycles. The number of hydrogen-bond acceptors (Lipinski definition) is 5. The van der Waals surface area contributed by atoms with Crippen molar-refractivity contribution in [3.05, 3.63) is 0 Å². The Balaban J connectivity index is 1.59. The van der Waals surface area contributed by atoms with Crippen LogP contribution in [0.3, 0.4) is 0 Å². The Morgan fingerprint density at radius 1 is 1.40 bits per heavy atom. The van der Waals surface area contributed by atoms with Gasteiger partial charge in [0.25, 0.3) is 0 Å². The molecule has 0 aromatic heterocycles. The number of nitrogens with two attached hydrogens (primary N) is 1. The first-order valence-corrected chi connectivity index (χ1v) is 5.47. The monoisotopic (exact) mass is 214 g/mol. The maximum Gasteiger partial charge on any atom is 0.326 e. The van der Waals surface area contributed by atoms with E-state index < -0.39 is 5.54 Å². The van der Waals surface area contributed by atoms with Crippen LogP contribution in [0.2, 0.25) is 0 Å². The third-order valence-electron chi connectivity index (χ3n) is 2.94. The summed E-state index contributed by atoms with van der Waals surface area (Å²) in [5.41, 5.74) is 5.05. The molecule has 2 fully saturated rings. The zero-order valence-electron chi connectivity index (χ0n) is 8.91. The zero-order valence-corrected chi connectivity index (χ0v) is 8.91. The molecule has 2 aliphatic rings. The van der Waals surface area contributed by atoms with Crippen molar-refractivity contribution in [3.63, 3.8) is 0 Å². The van der Waals surface area contributed by atoms with Crippen LogP contribution < -0.4 is 5.73 Å². The number of carbonyl (C=O) groups excluding carboxylic acids is 1. The summed E-state index contributed by atoms with van der Waals surface area (Å²) >= 11 is 0. The van der Waals surface area contributed by atoms with Crippen molar-refractivity contribution in [1.82, 2.24) is 4.90 Å². The first-order chi connectivity index (χ1) is 7.21. The molecule has 0 bridgehead atoms. The molecule has 2 rings (SSSR count). The van der Waals surface area contributed by atoms with E-state index in [0.717, 1.165) is 45.7 Å². The number of rotatable bonds is 4. The molecule has 15 heavy (non-hydrogen) atoms. The van der Waals surface area contributed by atoms with Crippen LogP contribution in [0.4, 0.5) is 0 Å². The zero-order chi connectivity index (χ0) is 10.7. The van der Waals surface area contributed by atoms with Crippen molar-refractivity contribution < 1.29 is 14.3 Å². The molecule has 5 nitrogen and oxygen atoms in total. The van der Waals surface area contributed by atoms with Gasteiger partial charge < -0.3 is 15.2 Å². The summed E-state index contributed by atoms with van der Waals surface area (Å²) in [7, 11) is 0. The van der Waals surface area contributed by atoms with Crippen LogP contribution in [0.1, 0.15) is 12.8 Å². The Kier molecular flexibility index (Phi) is 3.23. The number of esters is 1. The van der Waals surface area contributed by atoms with Crippen molar-refractivity contribution in [2.75, 3.05) is 39.5 Å². The average molecular weight is 214 g/mol. The molecule has 0 aromatic rings. The quantitative estimate of drug-likeness (QED) is 0.630. The molecule has 1 saturated heterocycles. The fourth-order valence-electron chi connectivity index (χ4n) is 1.57. The predicted molar refractivity (Wildman–Crippen MR) is 54.4 cm³/mol. The van der Waals surface area contributed by atoms with Gasteiger partial charge in [-0.25, -0.2) is 0 Å². The molecule has 86 valence electrons. The number of nitrogens with zero attached hydrogens (tertiary/aromatic N) is 1. The summed E-state index contributed by atoms with van der Waals surface area (Å²) in [4.78, 5) is 13.6. The molecular formula is C10H18N2O3. The second kappa shape index (κ2) is 4.47. The van der Waals surface area contributed by atoms with Gasteiger partial charge in [-0.1, -0.05) is 0 Å².